The minimum Gasteiger partial charge on any atom is -0.461 e. The highest BCUT2D eigenvalue weighted by atomic mass is 16.5. The van der Waals surface area contributed by atoms with Gasteiger partial charge in [-0.15, -0.1) is 0 Å². The van der Waals surface area contributed by atoms with Crippen molar-refractivity contribution in [2.45, 2.75) is 39.2 Å². The standard InChI is InChI=1S/C24H26N4O4/c1-3-32-24(31)20-15-22(28(26-20)19-9-5-4-6-10-19)23(30)25-18-11-12-21-17(14-18)8-7-13-27(21)16(2)29/h4-6,9-12,14,22H,3,7-8,13,15H2,1-2H3,(H,25,30). The maximum Gasteiger partial charge on any atom is 0.354 e. The minimum atomic E-state index is -0.679. The fraction of sp³-hybridized carbons (Fsp3) is 0.333. The lowest BCUT2D eigenvalue weighted by Gasteiger charge is -2.29. The molecule has 0 aromatic heterocycles. The summed E-state index contributed by atoms with van der Waals surface area (Å²) in [6, 6.07) is 14.2. The van der Waals surface area contributed by atoms with E-state index in [0.29, 0.717) is 12.2 Å². The lowest BCUT2D eigenvalue weighted by atomic mass is 10.0. The first-order valence-electron chi connectivity index (χ1n) is 10.8. The Balaban J connectivity index is 1.55. The minimum absolute atomic E-state index is 0.0100. The van der Waals surface area contributed by atoms with Crippen molar-refractivity contribution in [1.82, 2.24) is 0 Å². The largest absolute Gasteiger partial charge is 0.461 e. The molecule has 0 spiro atoms. The summed E-state index contributed by atoms with van der Waals surface area (Å²) in [7, 11) is 0. The van der Waals surface area contributed by atoms with Crippen molar-refractivity contribution in [3.63, 3.8) is 0 Å². The molecule has 0 radical (unpaired) electrons. The summed E-state index contributed by atoms with van der Waals surface area (Å²) < 4.78 is 5.09. The van der Waals surface area contributed by atoms with Crippen LogP contribution in [0.1, 0.15) is 32.3 Å². The summed E-state index contributed by atoms with van der Waals surface area (Å²) in [5.41, 5.74) is 3.50. The summed E-state index contributed by atoms with van der Waals surface area (Å²) in [6.07, 6.45) is 1.88. The molecule has 166 valence electrons. The quantitative estimate of drug-likeness (QED) is 0.730. The zero-order valence-electron chi connectivity index (χ0n) is 18.2. The molecule has 2 aliphatic heterocycles. The normalized spacial score (nSPS) is 17.4. The molecule has 2 aromatic carbocycles. The van der Waals surface area contributed by atoms with Crippen LogP contribution in [0, 0.1) is 0 Å². The molecule has 32 heavy (non-hydrogen) atoms. The molecule has 1 N–H and O–H groups in total. The van der Waals surface area contributed by atoms with Crippen LogP contribution in [-0.2, 0) is 25.5 Å². The Kier molecular flexibility index (Phi) is 6.20. The summed E-state index contributed by atoms with van der Waals surface area (Å²) in [4.78, 5) is 39.1. The van der Waals surface area contributed by atoms with Crippen molar-refractivity contribution < 1.29 is 19.1 Å². The van der Waals surface area contributed by atoms with Crippen molar-refractivity contribution in [2.24, 2.45) is 5.10 Å². The smallest absolute Gasteiger partial charge is 0.354 e. The number of benzene rings is 2. The number of amides is 2. The van der Waals surface area contributed by atoms with E-state index in [9.17, 15) is 14.4 Å². The number of esters is 1. The Morgan fingerprint density at radius 3 is 2.66 bits per heavy atom. The molecule has 0 aliphatic carbocycles. The Morgan fingerprint density at radius 2 is 1.94 bits per heavy atom. The van der Waals surface area contributed by atoms with Crippen LogP contribution >= 0.6 is 0 Å². The molecule has 0 bridgehead atoms. The van der Waals surface area contributed by atoms with Crippen LogP contribution in [0.4, 0.5) is 17.1 Å². The van der Waals surface area contributed by atoms with Crippen molar-refractivity contribution >= 4 is 40.6 Å². The highest BCUT2D eigenvalue weighted by Crippen LogP contribution is 2.31. The predicted octanol–water partition coefficient (Wildman–Crippen LogP) is 3.12. The molecule has 0 fully saturated rings. The van der Waals surface area contributed by atoms with Gasteiger partial charge in [-0.05, 0) is 55.7 Å². The van der Waals surface area contributed by atoms with Crippen LogP contribution in [0.15, 0.2) is 53.6 Å². The molecule has 2 aliphatic rings. The molecule has 0 saturated carbocycles. The van der Waals surface area contributed by atoms with Gasteiger partial charge in [0.2, 0.25) is 11.8 Å². The van der Waals surface area contributed by atoms with Gasteiger partial charge in [-0.25, -0.2) is 4.79 Å². The van der Waals surface area contributed by atoms with E-state index in [4.69, 9.17) is 4.74 Å². The van der Waals surface area contributed by atoms with Gasteiger partial charge in [-0.1, -0.05) is 18.2 Å². The number of carbonyl (C=O) groups excluding carboxylic acids is 3. The molecule has 8 heteroatoms. The zero-order chi connectivity index (χ0) is 22.7. The van der Waals surface area contributed by atoms with E-state index in [1.165, 1.54) is 0 Å². The number of fused-ring (bicyclic) bond motifs is 1. The van der Waals surface area contributed by atoms with Gasteiger partial charge in [-0.2, -0.15) is 5.10 Å². The van der Waals surface area contributed by atoms with Crippen LogP contribution < -0.4 is 15.2 Å². The Morgan fingerprint density at radius 1 is 1.16 bits per heavy atom. The zero-order valence-corrected chi connectivity index (χ0v) is 18.2. The molecule has 2 aromatic rings. The Bertz CT molecular complexity index is 1070. The van der Waals surface area contributed by atoms with Gasteiger partial charge >= 0.3 is 5.97 Å². The van der Waals surface area contributed by atoms with Crippen molar-refractivity contribution in [2.75, 3.05) is 28.4 Å². The molecule has 4 rings (SSSR count). The van der Waals surface area contributed by atoms with E-state index >= 15 is 0 Å². The first-order chi connectivity index (χ1) is 15.5. The number of para-hydroxylation sites is 1. The summed E-state index contributed by atoms with van der Waals surface area (Å²) >= 11 is 0. The van der Waals surface area contributed by atoms with E-state index in [1.807, 2.05) is 42.5 Å². The van der Waals surface area contributed by atoms with Crippen LogP contribution in [-0.4, -0.2) is 42.7 Å². The van der Waals surface area contributed by atoms with E-state index < -0.39 is 12.0 Å². The molecule has 1 unspecified atom stereocenters. The van der Waals surface area contributed by atoms with Gasteiger partial charge in [-0.3, -0.25) is 14.6 Å². The van der Waals surface area contributed by atoms with Crippen LogP contribution in [0.25, 0.3) is 0 Å². The number of hydrogen-bond acceptors (Lipinski definition) is 6. The second-order valence-electron chi connectivity index (χ2n) is 7.77. The van der Waals surface area contributed by atoms with E-state index in [2.05, 4.69) is 10.4 Å². The third kappa shape index (κ3) is 4.34. The number of nitrogens with zero attached hydrogens (tertiary/aromatic N) is 3. The molecule has 0 saturated heterocycles. The van der Waals surface area contributed by atoms with Crippen molar-refractivity contribution in [3.05, 3.63) is 54.1 Å². The predicted molar refractivity (Wildman–Crippen MR) is 123 cm³/mol. The summed E-state index contributed by atoms with van der Waals surface area (Å²) in [5.74, 6) is -0.770. The maximum atomic E-state index is 13.2. The average molecular weight is 434 g/mol. The topological polar surface area (TPSA) is 91.3 Å². The van der Waals surface area contributed by atoms with Gasteiger partial charge in [0.05, 0.1) is 12.3 Å². The lowest BCUT2D eigenvalue weighted by Crippen LogP contribution is -2.39. The first-order valence-corrected chi connectivity index (χ1v) is 10.8. The number of rotatable bonds is 5. The number of ether oxygens (including phenoxy) is 1. The second kappa shape index (κ2) is 9.21. The lowest BCUT2D eigenvalue weighted by molar-refractivity contribution is -0.135. The second-order valence-corrected chi connectivity index (χ2v) is 7.77. The maximum absolute atomic E-state index is 13.2. The number of hydrogen-bond donors (Lipinski definition) is 1. The fourth-order valence-electron chi connectivity index (χ4n) is 4.10. The first kappa shape index (κ1) is 21.5. The van der Waals surface area contributed by atoms with Crippen LogP contribution in [0.2, 0.25) is 0 Å². The van der Waals surface area contributed by atoms with Gasteiger partial charge in [0.25, 0.3) is 0 Å². The van der Waals surface area contributed by atoms with E-state index in [1.54, 1.807) is 29.8 Å². The van der Waals surface area contributed by atoms with Crippen LogP contribution in [0.5, 0.6) is 0 Å². The van der Waals surface area contributed by atoms with E-state index in [-0.39, 0.29) is 30.6 Å². The third-order valence-electron chi connectivity index (χ3n) is 5.59. The van der Waals surface area contributed by atoms with Crippen LogP contribution in [0.3, 0.4) is 0 Å². The summed E-state index contributed by atoms with van der Waals surface area (Å²) in [5, 5.41) is 8.92. The SMILES string of the molecule is CCOC(=O)C1=NN(c2ccccc2)C(C(=O)Nc2ccc3c(c2)CCCN3C(C)=O)C1. The number of carbonyl (C=O) groups is 3. The monoisotopic (exact) mass is 434 g/mol. The molecule has 8 nitrogen and oxygen atoms in total. The number of aryl methyl sites for hydroxylation is 1. The molecule has 2 heterocycles. The number of anilines is 3. The van der Waals surface area contributed by atoms with E-state index in [0.717, 1.165) is 29.8 Å². The third-order valence-corrected chi connectivity index (χ3v) is 5.59. The Hall–Kier alpha value is -3.68. The number of hydrazone groups is 1. The highest BCUT2D eigenvalue weighted by molar-refractivity contribution is 6.38. The average Bonchev–Trinajstić information content (AvgIpc) is 3.25. The molecular formula is C24H26N4O4. The van der Waals surface area contributed by atoms with Gasteiger partial charge in [0.1, 0.15) is 11.8 Å². The van der Waals surface area contributed by atoms with Crippen molar-refractivity contribution in [3.8, 4) is 0 Å². The fourth-order valence-corrected chi connectivity index (χ4v) is 4.10. The molecule has 1 atom stereocenters. The summed E-state index contributed by atoms with van der Waals surface area (Å²) in [6.45, 7) is 4.24. The van der Waals surface area contributed by atoms with Gasteiger partial charge in [0, 0.05) is 31.3 Å². The Labute approximate surface area is 186 Å². The molecule has 2 amide bonds. The van der Waals surface area contributed by atoms with Crippen molar-refractivity contribution in [1.29, 1.82) is 0 Å². The number of nitrogens with one attached hydrogen (secondary N) is 1. The van der Waals surface area contributed by atoms with Gasteiger partial charge in [0.15, 0.2) is 0 Å². The molecular weight excluding hydrogens is 408 g/mol. The highest BCUT2D eigenvalue weighted by Gasteiger charge is 2.37. The van der Waals surface area contributed by atoms with Gasteiger partial charge < -0.3 is 15.0 Å².